The molecule has 48 heavy (non-hydrogen) atoms. The molecule has 0 N–H and O–H groups in total. The highest BCUT2D eigenvalue weighted by molar-refractivity contribution is 9.10. The van der Waals surface area contributed by atoms with Crippen LogP contribution in [0.25, 0.3) is 22.7 Å². The molecule has 1 aliphatic heterocycles. The van der Waals surface area contributed by atoms with E-state index in [1.165, 1.54) is 21.8 Å². The zero-order valence-corrected chi connectivity index (χ0v) is 27.1. The molecule has 0 radical (unpaired) electrons. The van der Waals surface area contributed by atoms with Gasteiger partial charge in [-0.15, -0.1) is 0 Å². The maximum atomic E-state index is 14.4. The van der Waals surface area contributed by atoms with Gasteiger partial charge in [0.05, 0.1) is 29.7 Å². The van der Waals surface area contributed by atoms with E-state index >= 15 is 0 Å². The third-order valence-corrected chi connectivity index (χ3v) is 9.25. The fourth-order valence-corrected chi connectivity index (χ4v) is 6.69. The summed E-state index contributed by atoms with van der Waals surface area (Å²) >= 11 is 2.94. The zero-order chi connectivity index (χ0) is 33.9. The van der Waals surface area contributed by atoms with Crippen molar-refractivity contribution in [3.8, 4) is 17.1 Å². The van der Waals surface area contributed by atoms with Crippen LogP contribution in [0.4, 0.5) is 13.2 Å². The summed E-state index contributed by atoms with van der Waals surface area (Å²) in [7, 11) is 1.57. The number of carbonyl (C=O) groups is 1. The Kier molecular flexibility index (Phi) is 7.69. The Hall–Kier alpha value is -5.24. The molecule has 10 nitrogen and oxygen atoms in total. The molecule has 1 atom stereocenters. The lowest BCUT2D eigenvalue weighted by molar-refractivity contribution is -0.138. The number of halogens is 4. The molecular formula is C34H26BrF3N6O4. The SMILES string of the molecule is CC1Cc2c(n3ncc(Cc4ccccc4)c3n(-c3ccc(-c4nc(=O)on4C)cc3)c2=O)CN1C(=O)c1ccc(Br)c(C(F)(F)F)c1. The topological polar surface area (TPSA) is 108 Å². The van der Waals surface area contributed by atoms with Gasteiger partial charge in [0.2, 0.25) is 0 Å². The van der Waals surface area contributed by atoms with Crippen LogP contribution in [0.1, 0.15) is 45.2 Å². The van der Waals surface area contributed by atoms with Crippen molar-refractivity contribution in [3.05, 3.63) is 138 Å². The van der Waals surface area contributed by atoms with Crippen molar-refractivity contribution < 1.29 is 22.5 Å². The second-order valence-electron chi connectivity index (χ2n) is 11.6. The first-order chi connectivity index (χ1) is 22.9. The highest BCUT2D eigenvalue weighted by atomic mass is 79.9. The van der Waals surface area contributed by atoms with Gasteiger partial charge in [-0.05, 0) is 61.4 Å². The number of hydrogen-bond acceptors (Lipinski definition) is 6. The summed E-state index contributed by atoms with van der Waals surface area (Å²) in [5.41, 5.74) is 2.97. The van der Waals surface area contributed by atoms with Crippen molar-refractivity contribution in [2.24, 2.45) is 7.05 Å². The predicted octanol–water partition coefficient (Wildman–Crippen LogP) is 5.80. The van der Waals surface area contributed by atoms with Gasteiger partial charge in [-0.3, -0.25) is 14.2 Å². The smallest absolute Gasteiger partial charge is 0.330 e. The van der Waals surface area contributed by atoms with Gasteiger partial charge >= 0.3 is 11.9 Å². The van der Waals surface area contributed by atoms with E-state index in [2.05, 4.69) is 26.0 Å². The molecule has 1 unspecified atom stereocenters. The van der Waals surface area contributed by atoms with Crippen LogP contribution in [0.5, 0.6) is 0 Å². The number of amides is 1. The molecule has 0 fully saturated rings. The van der Waals surface area contributed by atoms with Gasteiger partial charge in [-0.1, -0.05) is 46.3 Å². The van der Waals surface area contributed by atoms with Crippen LogP contribution in [-0.2, 0) is 32.6 Å². The van der Waals surface area contributed by atoms with Crippen LogP contribution in [0, 0.1) is 0 Å². The lowest BCUT2D eigenvalue weighted by Crippen LogP contribution is -2.46. The van der Waals surface area contributed by atoms with Gasteiger partial charge < -0.3 is 9.42 Å². The predicted molar refractivity (Wildman–Crippen MR) is 173 cm³/mol. The number of rotatable bonds is 5. The third kappa shape index (κ3) is 5.45. The highest BCUT2D eigenvalue weighted by Gasteiger charge is 2.36. The molecule has 0 saturated heterocycles. The van der Waals surface area contributed by atoms with E-state index in [1.807, 2.05) is 30.3 Å². The first-order valence-electron chi connectivity index (χ1n) is 14.9. The summed E-state index contributed by atoms with van der Waals surface area (Å²) in [5, 5.41) is 4.69. The van der Waals surface area contributed by atoms with Crippen LogP contribution in [0.15, 0.2) is 97.6 Å². The van der Waals surface area contributed by atoms with E-state index in [0.717, 1.165) is 17.2 Å². The molecule has 7 rings (SSSR count). The molecule has 14 heteroatoms. The molecule has 3 aromatic heterocycles. The summed E-state index contributed by atoms with van der Waals surface area (Å²) in [5.74, 6) is -0.982. The average Bonchev–Trinajstić information content (AvgIpc) is 3.62. The Labute approximate surface area is 278 Å². The Morgan fingerprint density at radius 1 is 1.04 bits per heavy atom. The lowest BCUT2D eigenvalue weighted by Gasteiger charge is -2.35. The minimum Gasteiger partial charge on any atom is -0.330 e. The first kappa shape index (κ1) is 31.4. The van der Waals surface area contributed by atoms with E-state index in [0.29, 0.717) is 40.4 Å². The first-order valence-corrected chi connectivity index (χ1v) is 15.7. The van der Waals surface area contributed by atoms with Crippen molar-refractivity contribution in [1.29, 1.82) is 0 Å². The van der Waals surface area contributed by atoms with Crippen LogP contribution in [-0.4, -0.2) is 40.8 Å². The number of carbonyl (C=O) groups excluding carboxylic acids is 1. The fourth-order valence-electron chi connectivity index (χ4n) is 6.22. The summed E-state index contributed by atoms with van der Waals surface area (Å²) in [6.45, 7) is 1.73. The van der Waals surface area contributed by atoms with Crippen molar-refractivity contribution in [2.75, 3.05) is 0 Å². The second-order valence-corrected chi connectivity index (χ2v) is 12.5. The summed E-state index contributed by atoms with van der Waals surface area (Å²) in [6, 6.07) is 19.6. The molecule has 6 aromatic rings. The minimum absolute atomic E-state index is 0.0368. The Morgan fingerprint density at radius 3 is 2.44 bits per heavy atom. The zero-order valence-electron chi connectivity index (χ0n) is 25.5. The highest BCUT2D eigenvalue weighted by Crippen LogP contribution is 2.36. The van der Waals surface area contributed by atoms with Crippen molar-refractivity contribution in [2.45, 2.75) is 38.5 Å². The van der Waals surface area contributed by atoms with E-state index in [1.54, 1.807) is 53.5 Å². The van der Waals surface area contributed by atoms with Gasteiger partial charge in [0, 0.05) is 46.2 Å². The average molecular weight is 720 g/mol. The molecule has 1 aliphatic rings. The molecule has 0 saturated carbocycles. The number of alkyl halides is 3. The Balaban J connectivity index is 1.36. The molecule has 3 aromatic carbocycles. The largest absolute Gasteiger partial charge is 0.460 e. The number of aromatic nitrogens is 5. The standard InChI is InChI=1S/C34H26BrF3N6O4/c1-19-14-25-28(18-42(19)31(45)22-10-13-27(35)26(16-22)34(36,37)38)44-30(23(17-39-44)15-20-6-4-3-5-7-20)43(32(25)46)24-11-8-21(9-12-24)29-40-33(47)48-41(29)2/h3-13,16-17,19H,14-15,18H2,1-2H3. The lowest BCUT2D eigenvalue weighted by atomic mass is 9.97. The Morgan fingerprint density at radius 2 is 1.77 bits per heavy atom. The van der Waals surface area contributed by atoms with Gasteiger partial charge in [-0.25, -0.2) is 9.31 Å². The van der Waals surface area contributed by atoms with Crippen LogP contribution >= 0.6 is 15.9 Å². The van der Waals surface area contributed by atoms with Crippen molar-refractivity contribution in [1.82, 2.24) is 28.8 Å². The van der Waals surface area contributed by atoms with E-state index < -0.39 is 29.4 Å². The van der Waals surface area contributed by atoms with E-state index in [4.69, 9.17) is 4.52 Å². The number of hydrogen-bond donors (Lipinski definition) is 0. The van der Waals surface area contributed by atoms with E-state index in [-0.39, 0.29) is 28.6 Å². The maximum absolute atomic E-state index is 14.4. The molecule has 244 valence electrons. The van der Waals surface area contributed by atoms with Crippen LogP contribution in [0.2, 0.25) is 0 Å². The van der Waals surface area contributed by atoms with E-state index in [9.17, 15) is 27.6 Å². The number of benzene rings is 3. The summed E-state index contributed by atoms with van der Waals surface area (Å²) < 4.78 is 50.3. The normalized spacial score (nSPS) is 14.8. The number of fused-ring (bicyclic) bond motifs is 3. The summed E-state index contributed by atoms with van der Waals surface area (Å²) in [4.78, 5) is 45.2. The van der Waals surface area contributed by atoms with Crippen LogP contribution in [0.3, 0.4) is 0 Å². The maximum Gasteiger partial charge on any atom is 0.460 e. The Bertz CT molecular complexity index is 2320. The quantitative estimate of drug-likeness (QED) is 0.223. The number of nitrogens with zero attached hydrogens (tertiary/aromatic N) is 6. The van der Waals surface area contributed by atoms with Crippen molar-refractivity contribution in [3.63, 3.8) is 0 Å². The molecule has 4 heterocycles. The van der Waals surface area contributed by atoms with Crippen LogP contribution < -0.4 is 11.3 Å². The fraction of sp³-hybridized carbons (Fsp3) is 0.206. The molecule has 0 spiro atoms. The molecular weight excluding hydrogens is 693 g/mol. The molecule has 0 bridgehead atoms. The molecule has 0 aliphatic carbocycles. The number of aryl methyl sites for hydroxylation is 1. The third-order valence-electron chi connectivity index (χ3n) is 8.56. The van der Waals surface area contributed by atoms with Gasteiger partial charge in [0.1, 0.15) is 5.65 Å². The van der Waals surface area contributed by atoms with Gasteiger partial charge in [0.25, 0.3) is 11.5 Å². The minimum atomic E-state index is -4.65. The monoisotopic (exact) mass is 718 g/mol. The van der Waals surface area contributed by atoms with Gasteiger partial charge in [0.15, 0.2) is 5.82 Å². The molecule has 1 amide bonds. The second kappa shape index (κ2) is 11.8. The van der Waals surface area contributed by atoms with Gasteiger partial charge in [-0.2, -0.15) is 28.0 Å². The van der Waals surface area contributed by atoms with Crippen molar-refractivity contribution >= 4 is 27.5 Å². The summed E-state index contributed by atoms with van der Waals surface area (Å²) in [6.07, 6.45) is -2.35.